The van der Waals surface area contributed by atoms with E-state index in [0.717, 1.165) is 12.0 Å². The third-order valence-corrected chi connectivity index (χ3v) is 1.53. The van der Waals surface area contributed by atoms with E-state index in [9.17, 15) is 4.79 Å². The third-order valence-electron chi connectivity index (χ3n) is 1.53. The zero-order valence-electron chi connectivity index (χ0n) is 8.37. The minimum atomic E-state index is -0.115. The van der Waals surface area contributed by atoms with Crippen molar-refractivity contribution in [3.63, 3.8) is 0 Å². The molecule has 1 rings (SSSR count). The molecule has 1 atom stereocenters. The molecule has 0 saturated carbocycles. The average molecular weight is 183 g/mol. The van der Waals surface area contributed by atoms with Crippen LogP contribution in [0.4, 0.5) is 0 Å². The highest BCUT2D eigenvalue weighted by Crippen LogP contribution is 1.94. The number of aromatic nitrogens is 2. The van der Waals surface area contributed by atoms with Crippen LogP contribution in [0.3, 0.4) is 0 Å². The normalized spacial score (nSPS) is 11.3. The van der Waals surface area contributed by atoms with E-state index in [-0.39, 0.29) is 6.04 Å². The standard InChI is InChI=1S/C7H11N3O.C2H6/c1-8-7(4-11)2-6-3-9-5-10-6;1-2/h3-5,7-8H,2H2,1H3,(H,9,10);1-2H3/t7-;/m0./s1. The van der Waals surface area contributed by atoms with Crippen molar-refractivity contribution in [1.29, 1.82) is 0 Å². The monoisotopic (exact) mass is 183 g/mol. The minimum Gasteiger partial charge on any atom is -0.348 e. The van der Waals surface area contributed by atoms with Gasteiger partial charge in [-0.3, -0.25) is 0 Å². The second kappa shape index (κ2) is 7.49. The van der Waals surface area contributed by atoms with E-state index in [1.54, 1.807) is 19.6 Å². The molecule has 1 aromatic heterocycles. The fourth-order valence-electron chi connectivity index (χ4n) is 0.851. The summed E-state index contributed by atoms with van der Waals surface area (Å²) in [7, 11) is 1.76. The number of aldehydes is 1. The molecule has 4 nitrogen and oxygen atoms in total. The summed E-state index contributed by atoms with van der Waals surface area (Å²) in [4.78, 5) is 17.1. The van der Waals surface area contributed by atoms with Gasteiger partial charge in [-0.05, 0) is 7.05 Å². The van der Waals surface area contributed by atoms with Crippen LogP contribution in [-0.2, 0) is 11.2 Å². The van der Waals surface area contributed by atoms with E-state index in [1.165, 1.54) is 0 Å². The van der Waals surface area contributed by atoms with Crippen LogP contribution in [0.1, 0.15) is 19.5 Å². The first-order valence-corrected chi connectivity index (χ1v) is 4.46. The van der Waals surface area contributed by atoms with Gasteiger partial charge in [0.05, 0.1) is 12.4 Å². The lowest BCUT2D eigenvalue weighted by Crippen LogP contribution is -2.28. The molecule has 1 heterocycles. The molecule has 0 saturated heterocycles. The summed E-state index contributed by atoms with van der Waals surface area (Å²) in [5, 5.41) is 2.87. The Morgan fingerprint density at radius 1 is 1.69 bits per heavy atom. The number of H-pyrrole nitrogens is 1. The lowest BCUT2D eigenvalue weighted by molar-refractivity contribution is -0.109. The molecule has 1 aromatic rings. The van der Waals surface area contributed by atoms with Gasteiger partial charge in [0.15, 0.2) is 0 Å². The van der Waals surface area contributed by atoms with Gasteiger partial charge in [-0.25, -0.2) is 4.98 Å². The van der Waals surface area contributed by atoms with Gasteiger partial charge in [-0.15, -0.1) is 0 Å². The van der Waals surface area contributed by atoms with E-state index in [4.69, 9.17) is 0 Å². The summed E-state index contributed by atoms with van der Waals surface area (Å²) in [5.41, 5.74) is 0.969. The van der Waals surface area contributed by atoms with Crippen LogP contribution in [0.5, 0.6) is 0 Å². The Balaban J connectivity index is 0.000000671. The molecule has 0 aliphatic carbocycles. The second-order valence-electron chi connectivity index (χ2n) is 2.31. The lowest BCUT2D eigenvalue weighted by Gasteiger charge is -2.05. The van der Waals surface area contributed by atoms with Crippen LogP contribution in [0.25, 0.3) is 0 Å². The molecular weight excluding hydrogens is 166 g/mol. The zero-order valence-corrected chi connectivity index (χ0v) is 8.37. The summed E-state index contributed by atoms with van der Waals surface area (Å²) in [5.74, 6) is 0. The molecule has 0 spiro atoms. The highest BCUT2D eigenvalue weighted by atomic mass is 16.1. The maximum atomic E-state index is 10.4. The molecule has 0 bridgehead atoms. The smallest absolute Gasteiger partial charge is 0.137 e. The van der Waals surface area contributed by atoms with Crippen molar-refractivity contribution < 1.29 is 4.79 Å². The van der Waals surface area contributed by atoms with Crippen molar-refractivity contribution >= 4 is 6.29 Å². The maximum absolute atomic E-state index is 10.4. The van der Waals surface area contributed by atoms with Crippen LogP contribution in [0.2, 0.25) is 0 Å². The Morgan fingerprint density at radius 2 is 2.38 bits per heavy atom. The van der Waals surface area contributed by atoms with Gasteiger partial charge in [0.2, 0.25) is 0 Å². The van der Waals surface area contributed by atoms with E-state index in [2.05, 4.69) is 15.3 Å². The molecule has 0 unspecified atom stereocenters. The van der Waals surface area contributed by atoms with Gasteiger partial charge in [0.1, 0.15) is 6.29 Å². The zero-order chi connectivity index (χ0) is 10.1. The quantitative estimate of drug-likeness (QED) is 0.678. The minimum absolute atomic E-state index is 0.115. The number of nitrogens with zero attached hydrogens (tertiary/aromatic N) is 1. The first-order chi connectivity index (χ1) is 6.36. The van der Waals surface area contributed by atoms with E-state index >= 15 is 0 Å². The number of carbonyl (C=O) groups is 1. The fourth-order valence-corrected chi connectivity index (χ4v) is 0.851. The molecular formula is C9H17N3O. The first-order valence-electron chi connectivity index (χ1n) is 4.46. The Labute approximate surface area is 78.8 Å². The predicted molar refractivity (Wildman–Crippen MR) is 52.6 cm³/mol. The molecule has 0 aromatic carbocycles. The fraction of sp³-hybridized carbons (Fsp3) is 0.556. The van der Waals surface area contributed by atoms with E-state index in [0.29, 0.717) is 6.42 Å². The Morgan fingerprint density at radius 3 is 2.77 bits per heavy atom. The summed E-state index contributed by atoms with van der Waals surface area (Å²) < 4.78 is 0. The average Bonchev–Trinajstić information content (AvgIpc) is 2.70. The molecule has 0 aliphatic rings. The largest absolute Gasteiger partial charge is 0.348 e. The highest BCUT2D eigenvalue weighted by molar-refractivity contribution is 5.57. The van der Waals surface area contributed by atoms with Crippen LogP contribution in [-0.4, -0.2) is 29.3 Å². The molecule has 74 valence electrons. The Hall–Kier alpha value is -1.16. The number of aromatic amines is 1. The molecule has 0 fully saturated rings. The number of hydrogen-bond acceptors (Lipinski definition) is 3. The van der Waals surface area contributed by atoms with Gasteiger partial charge in [-0.2, -0.15) is 0 Å². The molecule has 2 N–H and O–H groups in total. The summed E-state index contributed by atoms with van der Waals surface area (Å²) in [6.45, 7) is 4.00. The summed E-state index contributed by atoms with van der Waals surface area (Å²) in [6, 6.07) is -0.115. The van der Waals surface area contributed by atoms with Gasteiger partial charge >= 0.3 is 0 Å². The second-order valence-corrected chi connectivity index (χ2v) is 2.31. The van der Waals surface area contributed by atoms with Crippen molar-refractivity contribution in [3.8, 4) is 0 Å². The van der Waals surface area contributed by atoms with Crippen molar-refractivity contribution in [3.05, 3.63) is 18.2 Å². The summed E-state index contributed by atoms with van der Waals surface area (Å²) >= 11 is 0. The predicted octanol–water partition coefficient (Wildman–Crippen LogP) is 0.765. The van der Waals surface area contributed by atoms with Crippen molar-refractivity contribution in [2.45, 2.75) is 26.3 Å². The Kier molecular flexibility index (Phi) is 6.82. The Bertz CT molecular complexity index is 209. The van der Waals surface area contributed by atoms with Gasteiger partial charge in [0, 0.05) is 18.3 Å². The van der Waals surface area contributed by atoms with Crippen molar-refractivity contribution in [1.82, 2.24) is 15.3 Å². The molecule has 4 heteroatoms. The number of nitrogens with one attached hydrogen (secondary N) is 2. The van der Waals surface area contributed by atoms with Crippen LogP contribution in [0.15, 0.2) is 12.5 Å². The molecule has 13 heavy (non-hydrogen) atoms. The van der Waals surface area contributed by atoms with Gasteiger partial charge < -0.3 is 15.1 Å². The van der Waals surface area contributed by atoms with Gasteiger partial charge in [-0.1, -0.05) is 13.8 Å². The molecule has 0 aliphatic heterocycles. The van der Waals surface area contributed by atoms with Gasteiger partial charge in [0.25, 0.3) is 0 Å². The number of rotatable bonds is 4. The highest BCUT2D eigenvalue weighted by Gasteiger charge is 2.04. The summed E-state index contributed by atoms with van der Waals surface area (Å²) in [6.07, 6.45) is 4.88. The number of likely N-dealkylation sites (N-methyl/N-ethyl adjacent to an activating group) is 1. The SMILES string of the molecule is CC.CN[C@H](C=O)Cc1cnc[nH]1. The number of carbonyl (C=O) groups excluding carboxylic acids is 1. The van der Waals surface area contributed by atoms with Crippen molar-refractivity contribution in [2.75, 3.05) is 7.05 Å². The number of imidazole rings is 1. The van der Waals surface area contributed by atoms with Crippen LogP contribution >= 0.6 is 0 Å². The van der Waals surface area contributed by atoms with E-state index in [1.807, 2.05) is 13.8 Å². The molecule has 0 radical (unpaired) electrons. The number of hydrogen-bond donors (Lipinski definition) is 2. The third kappa shape index (κ3) is 4.42. The maximum Gasteiger partial charge on any atom is 0.137 e. The lowest BCUT2D eigenvalue weighted by atomic mass is 10.2. The van der Waals surface area contributed by atoms with Crippen LogP contribution in [0, 0.1) is 0 Å². The first kappa shape index (κ1) is 11.8. The van der Waals surface area contributed by atoms with Crippen molar-refractivity contribution in [2.24, 2.45) is 0 Å². The molecule has 0 amide bonds. The van der Waals surface area contributed by atoms with E-state index < -0.39 is 0 Å². The van der Waals surface area contributed by atoms with Crippen LogP contribution < -0.4 is 5.32 Å². The topological polar surface area (TPSA) is 57.8 Å².